The van der Waals surface area contributed by atoms with Crippen LogP contribution in [0.5, 0.6) is 0 Å². The van der Waals surface area contributed by atoms with Crippen molar-refractivity contribution in [2.45, 2.75) is 25.4 Å². The molecule has 0 aliphatic rings. The van der Waals surface area contributed by atoms with Crippen molar-refractivity contribution in [2.75, 3.05) is 0 Å². The molecule has 0 fully saturated rings. The number of aromatic nitrogens is 2. The van der Waals surface area contributed by atoms with E-state index in [1.807, 2.05) is 12.3 Å². The van der Waals surface area contributed by atoms with Crippen LogP contribution in [0.25, 0.3) is 0 Å². The van der Waals surface area contributed by atoms with Gasteiger partial charge in [-0.15, -0.1) is 0 Å². The Balaban J connectivity index is 2.18. The minimum Gasteiger partial charge on any atom is -0.480 e. The molecule has 13 heavy (non-hydrogen) atoms. The number of carboxylic acid groups (broad SMARTS) is 1. The molecule has 1 aromatic rings. The first-order valence-corrected chi connectivity index (χ1v) is 4.16. The fourth-order valence-electron chi connectivity index (χ4n) is 1.03. The van der Waals surface area contributed by atoms with Crippen molar-refractivity contribution >= 4 is 5.97 Å². The van der Waals surface area contributed by atoms with Crippen molar-refractivity contribution < 1.29 is 9.90 Å². The number of carboxylic acids is 1. The molecular weight excluding hydrogens is 170 g/mol. The number of aryl methyl sites for hydroxylation is 1. The highest BCUT2D eigenvalue weighted by molar-refractivity contribution is 5.72. The predicted molar refractivity (Wildman–Crippen MR) is 47.1 cm³/mol. The molecule has 1 atom stereocenters. The summed E-state index contributed by atoms with van der Waals surface area (Å²) in [6, 6.07) is 1.08. The van der Waals surface area contributed by atoms with Crippen molar-refractivity contribution in [3.8, 4) is 0 Å². The number of hydrogen-bond acceptors (Lipinski definition) is 3. The molecule has 0 aromatic carbocycles. The molecule has 1 rings (SSSR count). The van der Waals surface area contributed by atoms with Crippen LogP contribution in [0.15, 0.2) is 18.5 Å². The number of carbonyl (C=O) groups is 1. The van der Waals surface area contributed by atoms with Gasteiger partial charge < -0.3 is 10.8 Å². The molecule has 0 aliphatic carbocycles. The Morgan fingerprint density at radius 2 is 2.46 bits per heavy atom. The van der Waals surface area contributed by atoms with Crippen LogP contribution in [0, 0.1) is 0 Å². The summed E-state index contributed by atoms with van der Waals surface area (Å²) in [7, 11) is 0. The maximum atomic E-state index is 10.3. The molecule has 0 aliphatic heterocycles. The summed E-state index contributed by atoms with van der Waals surface area (Å²) < 4.78 is 1.76. The largest absolute Gasteiger partial charge is 0.480 e. The van der Waals surface area contributed by atoms with E-state index in [0.29, 0.717) is 13.0 Å². The van der Waals surface area contributed by atoms with Crippen molar-refractivity contribution in [3.63, 3.8) is 0 Å². The number of aliphatic carboxylic acids is 1. The van der Waals surface area contributed by atoms with Crippen LogP contribution < -0.4 is 5.73 Å². The first-order chi connectivity index (χ1) is 6.20. The summed E-state index contributed by atoms with van der Waals surface area (Å²) >= 11 is 0. The minimum absolute atomic E-state index is 0.481. The summed E-state index contributed by atoms with van der Waals surface area (Å²) in [4.78, 5) is 10.3. The molecule has 1 aromatic heterocycles. The van der Waals surface area contributed by atoms with Gasteiger partial charge in [0.1, 0.15) is 6.04 Å². The molecule has 0 unspecified atom stereocenters. The Morgan fingerprint density at radius 3 is 3.00 bits per heavy atom. The topological polar surface area (TPSA) is 81.1 Å². The first kappa shape index (κ1) is 9.73. The summed E-state index contributed by atoms with van der Waals surface area (Å²) in [6.45, 7) is 0.716. The zero-order valence-corrected chi connectivity index (χ0v) is 7.26. The van der Waals surface area contributed by atoms with E-state index in [1.165, 1.54) is 0 Å². The average Bonchev–Trinajstić information content (AvgIpc) is 2.56. The van der Waals surface area contributed by atoms with Crippen LogP contribution in [-0.2, 0) is 11.3 Å². The van der Waals surface area contributed by atoms with Crippen molar-refractivity contribution in [1.29, 1.82) is 0 Å². The molecule has 3 N–H and O–H groups in total. The molecule has 5 nitrogen and oxygen atoms in total. The summed E-state index contributed by atoms with van der Waals surface area (Å²) in [5.41, 5.74) is 5.33. The normalized spacial score (nSPS) is 12.7. The van der Waals surface area contributed by atoms with E-state index in [1.54, 1.807) is 10.9 Å². The average molecular weight is 183 g/mol. The van der Waals surface area contributed by atoms with E-state index < -0.39 is 12.0 Å². The third kappa shape index (κ3) is 3.25. The molecule has 0 radical (unpaired) electrons. The van der Waals surface area contributed by atoms with Gasteiger partial charge in [-0.2, -0.15) is 5.10 Å². The van der Waals surface area contributed by atoms with E-state index >= 15 is 0 Å². The van der Waals surface area contributed by atoms with Crippen LogP contribution in [-0.4, -0.2) is 26.9 Å². The lowest BCUT2D eigenvalue weighted by Crippen LogP contribution is -2.30. The highest BCUT2D eigenvalue weighted by Crippen LogP contribution is 1.97. The third-order valence-corrected chi connectivity index (χ3v) is 1.78. The SMILES string of the molecule is N[C@@H](CCCn1cccn1)C(=O)O. The minimum atomic E-state index is -0.944. The lowest BCUT2D eigenvalue weighted by molar-refractivity contribution is -0.138. The lowest BCUT2D eigenvalue weighted by atomic mass is 10.2. The molecule has 0 bridgehead atoms. The Bertz CT molecular complexity index is 258. The molecule has 0 spiro atoms. The first-order valence-electron chi connectivity index (χ1n) is 4.16. The summed E-state index contributed by atoms with van der Waals surface area (Å²) in [5.74, 6) is -0.944. The smallest absolute Gasteiger partial charge is 0.320 e. The number of nitrogens with zero attached hydrogens (tertiary/aromatic N) is 2. The fourth-order valence-corrected chi connectivity index (χ4v) is 1.03. The van der Waals surface area contributed by atoms with Gasteiger partial charge in [-0.1, -0.05) is 0 Å². The van der Waals surface area contributed by atoms with Crippen LogP contribution in [0.4, 0.5) is 0 Å². The van der Waals surface area contributed by atoms with Crippen LogP contribution in [0.3, 0.4) is 0 Å². The van der Waals surface area contributed by atoms with Crippen molar-refractivity contribution in [1.82, 2.24) is 9.78 Å². The van der Waals surface area contributed by atoms with Gasteiger partial charge in [-0.25, -0.2) is 0 Å². The molecular formula is C8H13N3O2. The van der Waals surface area contributed by atoms with E-state index in [-0.39, 0.29) is 0 Å². The maximum absolute atomic E-state index is 10.3. The van der Waals surface area contributed by atoms with Crippen LogP contribution in [0.2, 0.25) is 0 Å². The van der Waals surface area contributed by atoms with Crippen molar-refractivity contribution in [2.24, 2.45) is 5.73 Å². The molecule has 72 valence electrons. The van der Waals surface area contributed by atoms with Crippen LogP contribution in [0.1, 0.15) is 12.8 Å². The predicted octanol–water partition coefficient (Wildman–Crippen LogP) is 0.0752. The Morgan fingerprint density at radius 1 is 1.69 bits per heavy atom. The summed E-state index contributed by atoms with van der Waals surface area (Å²) in [5, 5.41) is 12.5. The second kappa shape index (κ2) is 4.61. The van der Waals surface area contributed by atoms with Gasteiger partial charge >= 0.3 is 5.97 Å². The highest BCUT2D eigenvalue weighted by Gasteiger charge is 2.09. The summed E-state index contributed by atoms with van der Waals surface area (Å²) in [6.07, 6.45) is 4.74. The van der Waals surface area contributed by atoms with Gasteiger partial charge in [0.2, 0.25) is 0 Å². The van der Waals surface area contributed by atoms with E-state index in [4.69, 9.17) is 10.8 Å². The van der Waals surface area contributed by atoms with Gasteiger partial charge in [0, 0.05) is 18.9 Å². The Hall–Kier alpha value is -1.36. The molecule has 5 heteroatoms. The monoisotopic (exact) mass is 183 g/mol. The van der Waals surface area contributed by atoms with Gasteiger partial charge in [0.25, 0.3) is 0 Å². The van der Waals surface area contributed by atoms with E-state index in [2.05, 4.69) is 5.10 Å². The third-order valence-electron chi connectivity index (χ3n) is 1.78. The number of nitrogens with two attached hydrogens (primary N) is 1. The molecule has 0 amide bonds. The fraction of sp³-hybridized carbons (Fsp3) is 0.500. The van der Waals surface area contributed by atoms with Gasteiger partial charge in [0.05, 0.1) is 0 Å². The van der Waals surface area contributed by atoms with Gasteiger partial charge in [-0.3, -0.25) is 9.48 Å². The van der Waals surface area contributed by atoms with Crippen molar-refractivity contribution in [3.05, 3.63) is 18.5 Å². The van der Waals surface area contributed by atoms with Gasteiger partial charge in [-0.05, 0) is 18.9 Å². The Kier molecular flexibility index (Phi) is 3.45. The van der Waals surface area contributed by atoms with E-state index in [9.17, 15) is 4.79 Å². The zero-order chi connectivity index (χ0) is 9.68. The zero-order valence-electron chi connectivity index (χ0n) is 7.26. The quantitative estimate of drug-likeness (QED) is 0.677. The number of rotatable bonds is 5. The second-order valence-electron chi connectivity index (χ2n) is 2.86. The molecule has 0 saturated heterocycles. The highest BCUT2D eigenvalue weighted by atomic mass is 16.4. The number of hydrogen-bond donors (Lipinski definition) is 2. The van der Waals surface area contributed by atoms with Gasteiger partial charge in [0.15, 0.2) is 0 Å². The van der Waals surface area contributed by atoms with Crippen LogP contribution >= 0.6 is 0 Å². The second-order valence-corrected chi connectivity index (χ2v) is 2.86. The lowest BCUT2D eigenvalue weighted by Gasteiger charge is -2.05. The molecule has 0 saturated carbocycles. The standard InChI is InChI=1S/C8H13N3O2/c9-7(8(12)13)3-1-5-11-6-2-4-10-11/h2,4,6-7H,1,3,5,9H2,(H,12,13)/t7-/m0/s1. The Labute approximate surface area is 76.2 Å². The maximum Gasteiger partial charge on any atom is 0.320 e. The molecule has 1 heterocycles. The van der Waals surface area contributed by atoms with E-state index in [0.717, 1.165) is 6.42 Å².